The van der Waals surface area contributed by atoms with Crippen molar-refractivity contribution in [3.63, 3.8) is 0 Å². The van der Waals surface area contributed by atoms with Crippen LogP contribution in [0.5, 0.6) is 0 Å². The van der Waals surface area contributed by atoms with Crippen LogP contribution in [0.4, 0.5) is 0 Å². The van der Waals surface area contributed by atoms with Gasteiger partial charge in [0.2, 0.25) is 11.8 Å². The second kappa shape index (κ2) is 7.84. The zero-order chi connectivity index (χ0) is 20.7. The first kappa shape index (κ1) is 19.8. The fourth-order valence-electron chi connectivity index (χ4n) is 5.98. The van der Waals surface area contributed by atoms with Crippen molar-refractivity contribution >= 4 is 11.8 Å². The van der Waals surface area contributed by atoms with E-state index in [-0.39, 0.29) is 23.8 Å². The minimum Gasteiger partial charge on any atom is -0.360 e. The molecule has 4 aliphatic rings. The number of hydrogen-bond acceptors (Lipinski definition) is 4. The number of likely N-dealkylation sites (N-methyl/N-ethyl adjacent to an activating group) is 1. The number of likely N-dealkylation sites (tertiary alicyclic amines) is 1. The number of fused-ring (bicyclic) bond motifs is 1. The van der Waals surface area contributed by atoms with Gasteiger partial charge in [-0.1, -0.05) is 37.8 Å². The largest absolute Gasteiger partial charge is 0.360 e. The molecule has 5 rings (SSSR count). The maximum absolute atomic E-state index is 13.6. The summed E-state index contributed by atoms with van der Waals surface area (Å²) in [4.78, 5) is 31.1. The van der Waals surface area contributed by atoms with Crippen LogP contribution in [0, 0.1) is 11.8 Å². The molecule has 1 aliphatic carbocycles. The Labute approximate surface area is 178 Å². The Balaban J connectivity index is 1.34. The van der Waals surface area contributed by atoms with E-state index < -0.39 is 11.5 Å². The van der Waals surface area contributed by atoms with Crippen LogP contribution in [-0.4, -0.2) is 68.8 Å². The smallest absolute Gasteiger partial charge is 0.230 e. The van der Waals surface area contributed by atoms with Gasteiger partial charge in [-0.25, -0.2) is 0 Å². The molecule has 2 amide bonds. The molecule has 3 aliphatic heterocycles. The van der Waals surface area contributed by atoms with Crippen molar-refractivity contribution in [2.75, 3.05) is 19.6 Å². The van der Waals surface area contributed by atoms with Gasteiger partial charge in [-0.15, -0.1) is 0 Å². The molecule has 1 spiro atoms. The molecule has 162 valence electrons. The molecule has 1 aromatic rings. The number of carbonyl (C=O) groups is 2. The molecule has 0 aromatic carbocycles. The van der Waals surface area contributed by atoms with Crippen molar-refractivity contribution in [1.29, 1.82) is 0 Å². The van der Waals surface area contributed by atoms with Gasteiger partial charge < -0.3 is 14.5 Å². The van der Waals surface area contributed by atoms with E-state index in [0.29, 0.717) is 32.2 Å². The van der Waals surface area contributed by atoms with Crippen molar-refractivity contribution < 1.29 is 14.3 Å². The molecule has 0 radical (unpaired) electrons. The minimum atomic E-state index is -0.601. The molecule has 2 bridgehead atoms. The molecule has 30 heavy (non-hydrogen) atoms. The molecule has 1 aromatic heterocycles. The average Bonchev–Trinajstić information content (AvgIpc) is 3.48. The molecule has 7 nitrogen and oxygen atoms in total. The lowest BCUT2D eigenvalue weighted by atomic mass is 9.76. The SMILES string of the molecule is CCN(CCn1cccn1)C(=O)C1C2C(=O)N(C3CCCCCC3)C[C@@]23C=C[C@@H]1O3. The van der Waals surface area contributed by atoms with Gasteiger partial charge in [0.25, 0.3) is 0 Å². The first-order valence-electron chi connectivity index (χ1n) is 11.6. The number of rotatable bonds is 6. The number of hydrogen-bond donors (Lipinski definition) is 0. The second-order valence-electron chi connectivity index (χ2n) is 9.20. The Morgan fingerprint density at radius 1 is 1.30 bits per heavy atom. The molecule has 4 atom stereocenters. The standard InChI is InChI=1S/C23H32N4O3/c1-2-25(14-15-26-13-7-12-24-26)21(28)19-18-10-11-23(30-18)16-27(22(29)20(19)23)17-8-5-3-4-6-9-17/h7,10-13,17-20H,2-6,8-9,14-16H2,1H3/t18-,19?,20?,23-/m0/s1. The molecule has 0 N–H and O–H groups in total. The van der Waals surface area contributed by atoms with E-state index in [0.717, 1.165) is 12.8 Å². The van der Waals surface area contributed by atoms with Crippen LogP contribution in [0.25, 0.3) is 0 Å². The normalized spacial score (nSPS) is 33.2. The third-order valence-corrected chi connectivity index (χ3v) is 7.53. The summed E-state index contributed by atoms with van der Waals surface area (Å²) in [5, 5.41) is 4.23. The number of aromatic nitrogens is 2. The quantitative estimate of drug-likeness (QED) is 0.531. The summed E-state index contributed by atoms with van der Waals surface area (Å²) in [6.45, 7) is 4.46. The van der Waals surface area contributed by atoms with Crippen LogP contribution in [0.2, 0.25) is 0 Å². The first-order valence-corrected chi connectivity index (χ1v) is 11.6. The van der Waals surface area contributed by atoms with E-state index in [4.69, 9.17) is 4.74 Å². The van der Waals surface area contributed by atoms with Crippen molar-refractivity contribution in [1.82, 2.24) is 19.6 Å². The topological polar surface area (TPSA) is 67.7 Å². The van der Waals surface area contributed by atoms with E-state index in [2.05, 4.69) is 16.1 Å². The molecule has 2 unspecified atom stereocenters. The average molecular weight is 413 g/mol. The van der Waals surface area contributed by atoms with Crippen LogP contribution < -0.4 is 0 Å². The zero-order valence-electron chi connectivity index (χ0n) is 17.8. The van der Waals surface area contributed by atoms with Gasteiger partial charge >= 0.3 is 0 Å². The van der Waals surface area contributed by atoms with E-state index >= 15 is 0 Å². The monoisotopic (exact) mass is 412 g/mol. The van der Waals surface area contributed by atoms with Crippen LogP contribution in [0.1, 0.15) is 45.4 Å². The van der Waals surface area contributed by atoms with Crippen LogP contribution >= 0.6 is 0 Å². The van der Waals surface area contributed by atoms with Crippen LogP contribution in [-0.2, 0) is 20.9 Å². The zero-order valence-corrected chi connectivity index (χ0v) is 17.8. The molecular formula is C23H32N4O3. The Morgan fingerprint density at radius 3 is 2.80 bits per heavy atom. The third kappa shape index (κ3) is 3.18. The Bertz CT molecular complexity index is 814. The van der Waals surface area contributed by atoms with Crippen molar-refractivity contribution in [3.8, 4) is 0 Å². The van der Waals surface area contributed by atoms with Crippen molar-refractivity contribution in [2.45, 2.75) is 69.7 Å². The van der Waals surface area contributed by atoms with Gasteiger partial charge in [-0.2, -0.15) is 5.10 Å². The van der Waals surface area contributed by atoms with Gasteiger partial charge in [0, 0.05) is 31.5 Å². The van der Waals surface area contributed by atoms with Crippen LogP contribution in [0.3, 0.4) is 0 Å². The van der Waals surface area contributed by atoms with E-state index in [1.807, 2.05) is 34.8 Å². The number of ether oxygens (including phenoxy) is 1. The minimum absolute atomic E-state index is 0.0435. The fraction of sp³-hybridized carbons (Fsp3) is 0.696. The van der Waals surface area contributed by atoms with E-state index in [1.165, 1.54) is 25.7 Å². The van der Waals surface area contributed by atoms with Crippen molar-refractivity contribution in [3.05, 3.63) is 30.6 Å². The summed E-state index contributed by atoms with van der Waals surface area (Å²) >= 11 is 0. The lowest BCUT2D eigenvalue weighted by molar-refractivity contribution is -0.144. The number of nitrogens with zero attached hydrogens (tertiary/aromatic N) is 4. The number of carbonyl (C=O) groups excluding carboxylic acids is 2. The maximum atomic E-state index is 13.6. The third-order valence-electron chi connectivity index (χ3n) is 7.53. The molecule has 7 heteroatoms. The maximum Gasteiger partial charge on any atom is 0.230 e. The first-order chi connectivity index (χ1) is 14.6. The summed E-state index contributed by atoms with van der Waals surface area (Å²) in [7, 11) is 0. The fourth-order valence-corrected chi connectivity index (χ4v) is 5.98. The second-order valence-corrected chi connectivity index (χ2v) is 9.20. The Kier molecular flexibility index (Phi) is 5.17. The van der Waals surface area contributed by atoms with Gasteiger partial charge in [0.05, 0.1) is 31.0 Å². The van der Waals surface area contributed by atoms with Crippen LogP contribution in [0.15, 0.2) is 30.6 Å². The lowest BCUT2D eigenvalue weighted by Gasteiger charge is -2.31. The van der Waals surface area contributed by atoms with Gasteiger partial charge in [0.15, 0.2) is 0 Å². The molecular weight excluding hydrogens is 380 g/mol. The van der Waals surface area contributed by atoms with Gasteiger partial charge in [0.1, 0.15) is 5.60 Å². The Hall–Kier alpha value is -2.15. The van der Waals surface area contributed by atoms with E-state index in [1.54, 1.807) is 6.20 Å². The highest BCUT2D eigenvalue weighted by atomic mass is 16.5. The van der Waals surface area contributed by atoms with E-state index in [9.17, 15) is 9.59 Å². The summed E-state index contributed by atoms with van der Waals surface area (Å²) in [5.74, 6) is -0.602. The summed E-state index contributed by atoms with van der Waals surface area (Å²) in [5.41, 5.74) is -0.601. The summed E-state index contributed by atoms with van der Waals surface area (Å²) < 4.78 is 8.18. The lowest BCUT2D eigenvalue weighted by Crippen LogP contribution is -2.47. The predicted molar refractivity (Wildman–Crippen MR) is 111 cm³/mol. The van der Waals surface area contributed by atoms with Gasteiger partial charge in [-0.05, 0) is 25.8 Å². The number of amides is 2. The Morgan fingerprint density at radius 2 is 2.10 bits per heavy atom. The highest BCUT2D eigenvalue weighted by Gasteiger charge is 2.67. The summed E-state index contributed by atoms with van der Waals surface area (Å²) in [6.07, 6.45) is 14.5. The molecule has 3 fully saturated rings. The highest BCUT2D eigenvalue weighted by Crippen LogP contribution is 2.53. The summed E-state index contributed by atoms with van der Waals surface area (Å²) in [6, 6.07) is 2.18. The molecule has 4 heterocycles. The predicted octanol–water partition coefficient (Wildman–Crippen LogP) is 2.24. The molecule has 2 saturated heterocycles. The van der Waals surface area contributed by atoms with Crippen molar-refractivity contribution in [2.24, 2.45) is 11.8 Å². The molecule has 1 saturated carbocycles. The highest BCUT2D eigenvalue weighted by molar-refractivity contribution is 5.93. The van der Waals surface area contributed by atoms with Gasteiger partial charge in [-0.3, -0.25) is 14.3 Å².